The van der Waals surface area contributed by atoms with Crippen LogP contribution in [0.25, 0.3) is 0 Å². The van der Waals surface area contributed by atoms with Crippen LogP contribution in [-0.4, -0.2) is 25.2 Å². The first kappa shape index (κ1) is 15.5. The van der Waals surface area contributed by atoms with Crippen LogP contribution in [0.5, 0.6) is 0 Å². The summed E-state index contributed by atoms with van der Waals surface area (Å²) in [6, 6.07) is -0.102. The maximum absolute atomic E-state index is 12.1. The third-order valence-corrected chi connectivity index (χ3v) is 3.73. The van der Waals surface area contributed by atoms with Gasteiger partial charge >= 0.3 is 5.97 Å². The third-order valence-electron chi connectivity index (χ3n) is 3.73. The molecule has 0 heterocycles. The van der Waals surface area contributed by atoms with E-state index in [0.717, 1.165) is 25.3 Å². The summed E-state index contributed by atoms with van der Waals surface area (Å²) in [6.07, 6.45) is 4.84. The first-order valence-electron chi connectivity index (χ1n) is 7.44. The van der Waals surface area contributed by atoms with Gasteiger partial charge in [0, 0.05) is 0 Å². The molecule has 0 bridgehead atoms. The normalized spacial score (nSPS) is 26.1. The molecule has 1 aliphatic carbocycles. The summed E-state index contributed by atoms with van der Waals surface area (Å²) in [5, 5.41) is 3.42. The molecule has 0 amide bonds. The molecule has 0 radical (unpaired) electrons. The zero-order valence-electron chi connectivity index (χ0n) is 12.4. The largest absolute Gasteiger partial charge is 0.465 e. The topological polar surface area (TPSA) is 38.3 Å². The van der Waals surface area contributed by atoms with E-state index in [4.69, 9.17) is 4.74 Å². The first-order valence-corrected chi connectivity index (χ1v) is 7.44. The zero-order valence-corrected chi connectivity index (χ0v) is 12.4. The Kier molecular flexibility index (Phi) is 6.69. The Bertz CT molecular complexity index is 253. The van der Waals surface area contributed by atoms with Crippen LogP contribution in [0, 0.1) is 17.8 Å². The molecular weight excluding hydrogens is 226 g/mol. The molecule has 0 aromatic carbocycles. The lowest BCUT2D eigenvalue weighted by Gasteiger charge is -2.32. The molecule has 18 heavy (non-hydrogen) atoms. The average Bonchev–Trinajstić information content (AvgIpc) is 2.29. The fourth-order valence-electron chi connectivity index (χ4n) is 2.82. The summed E-state index contributed by atoms with van der Waals surface area (Å²) >= 11 is 0. The Balaban J connectivity index is 2.59. The number of esters is 1. The zero-order chi connectivity index (χ0) is 13.5. The molecule has 1 aliphatic rings. The van der Waals surface area contributed by atoms with Crippen LogP contribution < -0.4 is 5.32 Å². The van der Waals surface area contributed by atoms with Crippen molar-refractivity contribution >= 4 is 5.97 Å². The average molecular weight is 255 g/mol. The van der Waals surface area contributed by atoms with Crippen LogP contribution in [0.2, 0.25) is 0 Å². The third kappa shape index (κ3) is 4.97. The van der Waals surface area contributed by atoms with E-state index in [-0.39, 0.29) is 12.0 Å². The Morgan fingerprint density at radius 2 is 2.11 bits per heavy atom. The van der Waals surface area contributed by atoms with Crippen molar-refractivity contribution in [3.63, 3.8) is 0 Å². The molecule has 3 unspecified atom stereocenters. The highest BCUT2D eigenvalue weighted by molar-refractivity contribution is 5.76. The van der Waals surface area contributed by atoms with Gasteiger partial charge in [-0.15, -0.1) is 0 Å². The van der Waals surface area contributed by atoms with Gasteiger partial charge in [0.15, 0.2) is 0 Å². The van der Waals surface area contributed by atoms with Crippen LogP contribution in [0.4, 0.5) is 0 Å². The van der Waals surface area contributed by atoms with Crippen LogP contribution in [0.15, 0.2) is 0 Å². The lowest BCUT2D eigenvalue weighted by Crippen LogP contribution is -2.46. The summed E-state index contributed by atoms with van der Waals surface area (Å²) in [7, 11) is 0. The van der Waals surface area contributed by atoms with Gasteiger partial charge in [-0.3, -0.25) is 4.79 Å². The molecule has 0 aliphatic heterocycles. The molecule has 3 nitrogen and oxygen atoms in total. The lowest BCUT2D eigenvalue weighted by molar-refractivity contribution is -0.147. The molecule has 1 saturated carbocycles. The molecule has 0 aromatic heterocycles. The number of nitrogens with one attached hydrogen (secondary N) is 1. The molecule has 0 saturated heterocycles. The highest BCUT2D eigenvalue weighted by atomic mass is 16.5. The van der Waals surface area contributed by atoms with Gasteiger partial charge < -0.3 is 10.1 Å². The van der Waals surface area contributed by atoms with Crippen LogP contribution in [-0.2, 0) is 9.53 Å². The molecule has 1 fully saturated rings. The van der Waals surface area contributed by atoms with Gasteiger partial charge in [-0.1, -0.05) is 33.6 Å². The molecule has 1 N–H and O–H groups in total. The van der Waals surface area contributed by atoms with Gasteiger partial charge in [0.2, 0.25) is 0 Å². The van der Waals surface area contributed by atoms with Crippen LogP contribution in [0.3, 0.4) is 0 Å². The number of hydrogen-bond acceptors (Lipinski definition) is 3. The van der Waals surface area contributed by atoms with Crippen molar-refractivity contribution < 1.29 is 9.53 Å². The van der Waals surface area contributed by atoms with E-state index >= 15 is 0 Å². The minimum Gasteiger partial charge on any atom is -0.465 e. The number of hydrogen-bond donors (Lipinski definition) is 1. The Morgan fingerprint density at radius 1 is 1.39 bits per heavy atom. The second kappa shape index (κ2) is 7.78. The monoisotopic (exact) mass is 255 g/mol. The predicted molar refractivity (Wildman–Crippen MR) is 74.4 cm³/mol. The van der Waals surface area contributed by atoms with Gasteiger partial charge in [0.1, 0.15) is 6.04 Å². The summed E-state index contributed by atoms with van der Waals surface area (Å²) in [5.74, 6) is 1.69. The van der Waals surface area contributed by atoms with Crippen molar-refractivity contribution in [2.24, 2.45) is 17.8 Å². The van der Waals surface area contributed by atoms with Gasteiger partial charge in [-0.05, 0) is 44.1 Å². The van der Waals surface area contributed by atoms with E-state index in [1.54, 1.807) is 0 Å². The van der Waals surface area contributed by atoms with Crippen molar-refractivity contribution in [1.82, 2.24) is 5.32 Å². The second-order valence-corrected chi connectivity index (χ2v) is 6.06. The van der Waals surface area contributed by atoms with E-state index in [0.29, 0.717) is 18.4 Å². The Morgan fingerprint density at radius 3 is 2.67 bits per heavy atom. The number of rotatable bonds is 6. The van der Waals surface area contributed by atoms with E-state index in [9.17, 15) is 4.79 Å². The molecule has 3 atom stereocenters. The van der Waals surface area contributed by atoms with Crippen molar-refractivity contribution in [3.05, 3.63) is 0 Å². The molecule has 106 valence electrons. The van der Waals surface area contributed by atoms with E-state index in [1.165, 1.54) is 12.8 Å². The number of ether oxygens (including phenoxy) is 1. The standard InChI is InChI=1S/C15H29NO2/c1-5-18-15(17)14(16-10-11(2)3)13-8-6-7-12(4)9-13/h11-14,16H,5-10H2,1-4H3. The van der Waals surface area contributed by atoms with Crippen LogP contribution >= 0.6 is 0 Å². The van der Waals surface area contributed by atoms with Crippen molar-refractivity contribution in [2.75, 3.05) is 13.2 Å². The van der Waals surface area contributed by atoms with Gasteiger partial charge in [-0.2, -0.15) is 0 Å². The quantitative estimate of drug-likeness (QED) is 0.742. The van der Waals surface area contributed by atoms with Crippen molar-refractivity contribution in [3.8, 4) is 0 Å². The minimum atomic E-state index is -0.102. The second-order valence-electron chi connectivity index (χ2n) is 6.06. The van der Waals surface area contributed by atoms with E-state index < -0.39 is 0 Å². The molecule has 0 aromatic rings. The van der Waals surface area contributed by atoms with Crippen LogP contribution in [0.1, 0.15) is 53.4 Å². The summed E-state index contributed by atoms with van der Waals surface area (Å²) < 4.78 is 5.22. The summed E-state index contributed by atoms with van der Waals surface area (Å²) in [6.45, 7) is 9.85. The summed E-state index contributed by atoms with van der Waals surface area (Å²) in [5.41, 5.74) is 0. The van der Waals surface area contributed by atoms with Gasteiger partial charge in [-0.25, -0.2) is 0 Å². The first-order chi connectivity index (χ1) is 8.54. The fourth-order valence-corrected chi connectivity index (χ4v) is 2.82. The van der Waals surface area contributed by atoms with E-state index in [1.807, 2.05) is 6.92 Å². The van der Waals surface area contributed by atoms with Gasteiger partial charge in [0.25, 0.3) is 0 Å². The predicted octanol–water partition coefficient (Wildman–Crippen LogP) is 2.99. The fraction of sp³-hybridized carbons (Fsp3) is 0.933. The smallest absolute Gasteiger partial charge is 0.323 e. The molecule has 0 spiro atoms. The number of carbonyl (C=O) groups is 1. The SMILES string of the molecule is CCOC(=O)C(NCC(C)C)C1CCCC(C)C1. The minimum absolute atomic E-state index is 0.0581. The van der Waals surface area contributed by atoms with Crippen molar-refractivity contribution in [2.45, 2.75) is 59.4 Å². The molecule has 3 heteroatoms. The Labute approximate surface area is 112 Å². The van der Waals surface area contributed by atoms with E-state index in [2.05, 4.69) is 26.1 Å². The maximum Gasteiger partial charge on any atom is 0.323 e. The maximum atomic E-state index is 12.1. The summed E-state index contributed by atoms with van der Waals surface area (Å²) in [4.78, 5) is 12.1. The highest BCUT2D eigenvalue weighted by Crippen LogP contribution is 2.31. The molecule has 1 rings (SSSR count). The lowest BCUT2D eigenvalue weighted by atomic mass is 9.78. The van der Waals surface area contributed by atoms with Gasteiger partial charge in [0.05, 0.1) is 6.61 Å². The molecular formula is C15H29NO2. The number of carbonyl (C=O) groups excluding carboxylic acids is 1. The highest BCUT2D eigenvalue weighted by Gasteiger charge is 2.32. The Hall–Kier alpha value is -0.570. The van der Waals surface area contributed by atoms with Crippen molar-refractivity contribution in [1.29, 1.82) is 0 Å².